The molecule has 0 saturated carbocycles. The molecule has 1 heterocycles. The van der Waals surface area contributed by atoms with Gasteiger partial charge in [0.05, 0.1) is 29.6 Å². The second kappa shape index (κ2) is 8.99. The monoisotopic (exact) mass is 411 g/mol. The van der Waals surface area contributed by atoms with Crippen molar-refractivity contribution in [2.75, 3.05) is 19.0 Å². The number of benzene rings is 2. The van der Waals surface area contributed by atoms with Crippen LogP contribution in [0, 0.1) is 12.7 Å². The number of methoxy groups -OCH3 is 1. The summed E-state index contributed by atoms with van der Waals surface area (Å²) >= 11 is 0. The molecule has 3 aromatic rings. The number of rotatable bonds is 6. The molecular weight excluding hydrogens is 393 g/mol. The molecule has 0 spiro atoms. The van der Waals surface area contributed by atoms with Gasteiger partial charge in [-0.25, -0.2) is 18.7 Å². The van der Waals surface area contributed by atoms with Crippen LogP contribution in [0.2, 0.25) is 0 Å². The van der Waals surface area contributed by atoms with Gasteiger partial charge in [0.15, 0.2) is 6.61 Å². The molecule has 0 bridgehead atoms. The third kappa shape index (κ3) is 4.69. The number of hydrogen-bond acceptors (Lipinski definition) is 6. The van der Waals surface area contributed by atoms with Crippen molar-refractivity contribution < 1.29 is 28.2 Å². The summed E-state index contributed by atoms with van der Waals surface area (Å²) in [4.78, 5) is 36.4. The first-order chi connectivity index (χ1) is 14.4. The van der Waals surface area contributed by atoms with Gasteiger partial charge in [-0.2, -0.15) is 5.10 Å². The summed E-state index contributed by atoms with van der Waals surface area (Å²) in [5, 5.41) is 6.87. The Balaban J connectivity index is 1.68. The van der Waals surface area contributed by atoms with Crippen LogP contribution in [0.5, 0.6) is 0 Å². The van der Waals surface area contributed by atoms with Gasteiger partial charge in [-0.15, -0.1) is 0 Å². The minimum atomic E-state index is -0.839. The van der Waals surface area contributed by atoms with E-state index in [1.54, 1.807) is 25.1 Å². The third-order valence-electron chi connectivity index (χ3n) is 4.06. The molecule has 0 aliphatic heterocycles. The van der Waals surface area contributed by atoms with Crippen LogP contribution in [0.25, 0.3) is 5.69 Å². The molecule has 1 amide bonds. The van der Waals surface area contributed by atoms with Gasteiger partial charge < -0.3 is 14.8 Å². The summed E-state index contributed by atoms with van der Waals surface area (Å²) in [7, 11) is 1.20. The fourth-order valence-electron chi connectivity index (χ4n) is 2.70. The standard InChI is InChI=1S/C21H18FN3O5/c1-13-11-18(25(24-13)15-9-7-14(22)8-10-15)23-19(26)12-30-21(28)17-6-4-3-5-16(17)20(27)29-2/h3-11H,12H2,1-2H3,(H,23,26). The number of hydrogen-bond donors (Lipinski definition) is 1. The highest BCUT2D eigenvalue weighted by Gasteiger charge is 2.19. The van der Waals surface area contributed by atoms with Crippen LogP contribution in [-0.4, -0.2) is 41.3 Å². The molecule has 1 aromatic heterocycles. The van der Waals surface area contributed by atoms with E-state index in [1.807, 2.05) is 0 Å². The Labute approximate surface area is 171 Å². The minimum absolute atomic E-state index is 0.00986. The summed E-state index contributed by atoms with van der Waals surface area (Å²) in [6.45, 7) is 1.15. The molecule has 0 radical (unpaired) electrons. The van der Waals surface area contributed by atoms with Gasteiger partial charge in [0.2, 0.25) is 0 Å². The lowest BCUT2D eigenvalue weighted by molar-refractivity contribution is -0.119. The number of ether oxygens (including phenoxy) is 2. The zero-order valence-corrected chi connectivity index (χ0v) is 16.2. The van der Waals surface area contributed by atoms with Crippen LogP contribution in [0.3, 0.4) is 0 Å². The molecule has 0 aliphatic rings. The maximum absolute atomic E-state index is 13.2. The quantitative estimate of drug-likeness (QED) is 0.626. The molecule has 0 atom stereocenters. The second-order valence-corrected chi connectivity index (χ2v) is 6.22. The van der Waals surface area contributed by atoms with Gasteiger partial charge >= 0.3 is 11.9 Å². The first-order valence-corrected chi connectivity index (χ1v) is 8.86. The lowest BCUT2D eigenvalue weighted by Gasteiger charge is -2.10. The number of nitrogens with one attached hydrogen (secondary N) is 1. The van der Waals surface area contributed by atoms with Crippen molar-refractivity contribution in [1.29, 1.82) is 0 Å². The highest BCUT2D eigenvalue weighted by atomic mass is 19.1. The second-order valence-electron chi connectivity index (χ2n) is 6.22. The Kier molecular flexibility index (Phi) is 6.21. The zero-order valence-electron chi connectivity index (χ0n) is 16.2. The average Bonchev–Trinajstić information content (AvgIpc) is 3.11. The van der Waals surface area contributed by atoms with Crippen molar-refractivity contribution in [2.24, 2.45) is 0 Å². The van der Waals surface area contributed by atoms with E-state index in [0.717, 1.165) is 0 Å². The van der Waals surface area contributed by atoms with Crippen molar-refractivity contribution in [3.8, 4) is 5.69 Å². The third-order valence-corrected chi connectivity index (χ3v) is 4.06. The number of nitrogens with zero attached hydrogens (tertiary/aromatic N) is 2. The van der Waals surface area contributed by atoms with Crippen molar-refractivity contribution in [3.05, 3.63) is 77.2 Å². The summed E-state index contributed by atoms with van der Waals surface area (Å²) in [6.07, 6.45) is 0. The molecule has 0 aliphatic carbocycles. The van der Waals surface area contributed by atoms with E-state index >= 15 is 0 Å². The molecule has 30 heavy (non-hydrogen) atoms. The number of amides is 1. The Hall–Kier alpha value is -4.01. The zero-order chi connectivity index (χ0) is 21.7. The predicted molar refractivity (Wildman–Crippen MR) is 105 cm³/mol. The van der Waals surface area contributed by atoms with Crippen molar-refractivity contribution in [3.63, 3.8) is 0 Å². The molecule has 2 aromatic carbocycles. The number of carbonyl (C=O) groups excluding carboxylic acids is 3. The molecule has 0 fully saturated rings. The maximum atomic E-state index is 13.2. The van der Waals surface area contributed by atoms with Crippen molar-refractivity contribution >= 4 is 23.7 Å². The first kappa shape index (κ1) is 20.7. The molecule has 1 N–H and O–H groups in total. The molecular formula is C21H18FN3O5. The lowest BCUT2D eigenvalue weighted by Crippen LogP contribution is -2.23. The number of esters is 2. The van der Waals surface area contributed by atoms with Crippen LogP contribution >= 0.6 is 0 Å². The Morgan fingerprint density at radius 1 is 1.03 bits per heavy atom. The van der Waals surface area contributed by atoms with Crippen LogP contribution in [0.1, 0.15) is 26.4 Å². The normalized spacial score (nSPS) is 10.4. The van der Waals surface area contributed by atoms with Gasteiger partial charge in [0.25, 0.3) is 5.91 Å². The molecule has 8 nitrogen and oxygen atoms in total. The van der Waals surface area contributed by atoms with Crippen LogP contribution in [0.4, 0.5) is 10.2 Å². The van der Waals surface area contributed by atoms with Gasteiger partial charge in [-0.3, -0.25) is 4.79 Å². The topological polar surface area (TPSA) is 99.5 Å². The Bertz CT molecular complexity index is 1090. The first-order valence-electron chi connectivity index (χ1n) is 8.86. The SMILES string of the molecule is COC(=O)c1ccccc1C(=O)OCC(=O)Nc1cc(C)nn1-c1ccc(F)cc1. The maximum Gasteiger partial charge on any atom is 0.339 e. The molecule has 0 saturated heterocycles. The molecule has 0 unspecified atom stereocenters. The van der Waals surface area contributed by atoms with Gasteiger partial charge in [0, 0.05) is 6.07 Å². The van der Waals surface area contributed by atoms with E-state index in [4.69, 9.17) is 4.74 Å². The van der Waals surface area contributed by atoms with Gasteiger partial charge in [0.1, 0.15) is 11.6 Å². The van der Waals surface area contributed by atoms with Crippen LogP contribution in [-0.2, 0) is 14.3 Å². The lowest BCUT2D eigenvalue weighted by atomic mass is 10.1. The minimum Gasteiger partial charge on any atom is -0.465 e. The Morgan fingerprint density at radius 3 is 2.30 bits per heavy atom. The van der Waals surface area contributed by atoms with E-state index in [9.17, 15) is 18.8 Å². The molecule has 154 valence electrons. The summed E-state index contributed by atoms with van der Waals surface area (Å²) in [6, 6.07) is 13.2. The van der Waals surface area contributed by atoms with Crippen LogP contribution in [0.15, 0.2) is 54.6 Å². The number of carbonyl (C=O) groups is 3. The molecule has 3 rings (SSSR count). The molecule has 9 heteroatoms. The van der Waals surface area contributed by atoms with Gasteiger partial charge in [-0.05, 0) is 43.3 Å². The fourth-order valence-corrected chi connectivity index (χ4v) is 2.70. The fraction of sp³-hybridized carbons (Fsp3) is 0.143. The summed E-state index contributed by atoms with van der Waals surface area (Å²) in [5.74, 6) is -2.20. The van der Waals surface area contributed by atoms with Crippen LogP contribution < -0.4 is 5.32 Å². The number of anilines is 1. The van der Waals surface area contributed by atoms with Crippen molar-refractivity contribution in [2.45, 2.75) is 6.92 Å². The number of aryl methyl sites for hydroxylation is 1. The summed E-state index contributed by atoms with van der Waals surface area (Å²) < 4.78 is 24.3. The van der Waals surface area contributed by atoms with E-state index < -0.39 is 30.3 Å². The van der Waals surface area contributed by atoms with E-state index in [2.05, 4.69) is 15.2 Å². The number of halogens is 1. The predicted octanol–water partition coefficient (Wildman–Crippen LogP) is 2.90. The van der Waals surface area contributed by atoms with E-state index in [0.29, 0.717) is 17.2 Å². The highest BCUT2D eigenvalue weighted by molar-refractivity contribution is 6.04. The largest absolute Gasteiger partial charge is 0.465 e. The highest BCUT2D eigenvalue weighted by Crippen LogP contribution is 2.18. The Morgan fingerprint density at radius 2 is 1.67 bits per heavy atom. The smallest absolute Gasteiger partial charge is 0.339 e. The van der Waals surface area contributed by atoms with E-state index in [1.165, 1.54) is 48.2 Å². The van der Waals surface area contributed by atoms with Crippen molar-refractivity contribution in [1.82, 2.24) is 9.78 Å². The number of aromatic nitrogens is 2. The van der Waals surface area contributed by atoms with E-state index in [-0.39, 0.29) is 11.1 Å². The van der Waals surface area contributed by atoms with Gasteiger partial charge in [-0.1, -0.05) is 12.1 Å². The summed E-state index contributed by atoms with van der Waals surface area (Å²) in [5.41, 5.74) is 1.20. The average molecular weight is 411 g/mol.